The van der Waals surface area contributed by atoms with Gasteiger partial charge in [-0.2, -0.15) is 0 Å². The maximum atomic E-state index is 10.9. The van der Waals surface area contributed by atoms with E-state index in [1.165, 1.54) is 0 Å². The van der Waals surface area contributed by atoms with Crippen molar-refractivity contribution in [2.45, 2.75) is 6.92 Å². The number of aromatic amines is 2. The lowest BCUT2D eigenvalue weighted by Gasteiger charge is -1.96. The van der Waals surface area contributed by atoms with Gasteiger partial charge in [-0.05, 0) is 13.0 Å². The number of hydrogen-bond acceptors (Lipinski definition) is 4. The molecule has 0 saturated carbocycles. The van der Waals surface area contributed by atoms with Crippen molar-refractivity contribution in [2.24, 2.45) is 0 Å². The number of hydrogen-bond donors (Lipinski definition) is 2. The molecule has 6 heteroatoms. The van der Waals surface area contributed by atoms with Gasteiger partial charge in [-0.3, -0.25) is 4.98 Å². The quantitative estimate of drug-likeness (QED) is 0.640. The summed E-state index contributed by atoms with van der Waals surface area (Å²) in [4.78, 5) is 18.2. The van der Waals surface area contributed by atoms with Crippen LogP contribution in [-0.2, 0) is 0 Å². The van der Waals surface area contributed by atoms with Gasteiger partial charge >= 0.3 is 5.76 Å². The van der Waals surface area contributed by atoms with Crippen LogP contribution in [0.1, 0.15) is 5.69 Å². The molecule has 80 valence electrons. The van der Waals surface area contributed by atoms with E-state index in [2.05, 4.69) is 20.2 Å². The van der Waals surface area contributed by atoms with E-state index in [-0.39, 0.29) is 5.89 Å². The number of rotatable bonds is 1. The number of pyridine rings is 1. The van der Waals surface area contributed by atoms with Crippen molar-refractivity contribution in [1.82, 2.24) is 20.2 Å². The second-order valence-electron chi connectivity index (χ2n) is 3.44. The molecule has 0 amide bonds. The van der Waals surface area contributed by atoms with Crippen molar-refractivity contribution in [3.63, 3.8) is 0 Å². The highest BCUT2D eigenvalue weighted by Gasteiger charge is 2.13. The monoisotopic (exact) mass is 216 g/mol. The molecule has 0 unspecified atom stereocenters. The van der Waals surface area contributed by atoms with Gasteiger partial charge in [-0.25, -0.2) is 9.89 Å². The van der Waals surface area contributed by atoms with Crippen LogP contribution in [-0.4, -0.2) is 20.2 Å². The van der Waals surface area contributed by atoms with Crippen LogP contribution >= 0.6 is 0 Å². The predicted molar refractivity (Wildman–Crippen MR) is 56.9 cm³/mol. The number of aryl methyl sites for hydroxylation is 1. The molecule has 0 saturated heterocycles. The average molecular weight is 216 g/mol. The highest BCUT2D eigenvalue weighted by molar-refractivity contribution is 5.94. The molecule has 0 radical (unpaired) electrons. The van der Waals surface area contributed by atoms with Crippen molar-refractivity contribution >= 4 is 10.9 Å². The summed E-state index contributed by atoms with van der Waals surface area (Å²) < 4.78 is 4.92. The Balaban J connectivity index is 2.36. The summed E-state index contributed by atoms with van der Waals surface area (Å²) in [6.07, 6.45) is 3.47. The van der Waals surface area contributed by atoms with Gasteiger partial charge in [-0.1, -0.05) is 0 Å². The lowest BCUT2D eigenvalue weighted by molar-refractivity contribution is 0.527. The van der Waals surface area contributed by atoms with Crippen LogP contribution in [0.3, 0.4) is 0 Å². The minimum atomic E-state index is -0.564. The second kappa shape index (κ2) is 3.06. The Morgan fingerprint density at radius 3 is 3.06 bits per heavy atom. The minimum Gasteiger partial charge on any atom is -0.388 e. The molecule has 6 nitrogen and oxygen atoms in total. The van der Waals surface area contributed by atoms with Crippen LogP contribution < -0.4 is 5.76 Å². The smallest absolute Gasteiger partial charge is 0.388 e. The molecule has 0 spiro atoms. The van der Waals surface area contributed by atoms with Crippen molar-refractivity contribution in [3.05, 3.63) is 34.7 Å². The minimum absolute atomic E-state index is 0.271. The third-order valence-electron chi connectivity index (χ3n) is 2.45. The lowest BCUT2D eigenvalue weighted by Crippen LogP contribution is -1.93. The van der Waals surface area contributed by atoms with Gasteiger partial charge in [0, 0.05) is 29.0 Å². The van der Waals surface area contributed by atoms with Crippen LogP contribution in [0.25, 0.3) is 22.4 Å². The van der Waals surface area contributed by atoms with E-state index in [4.69, 9.17) is 4.42 Å². The van der Waals surface area contributed by atoms with E-state index >= 15 is 0 Å². The predicted octanol–water partition coefficient (Wildman–Crippen LogP) is 1.21. The van der Waals surface area contributed by atoms with Crippen LogP contribution in [0.4, 0.5) is 0 Å². The van der Waals surface area contributed by atoms with Crippen LogP contribution in [0, 0.1) is 6.92 Å². The Bertz CT molecular complexity index is 707. The third-order valence-corrected chi connectivity index (χ3v) is 2.45. The topological polar surface area (TPSA) is 87.6 Å². The van der Waals surface area contributed by atoms with Gasteiger partial charge in [0.1, 0.15) is 0 Å². The van der Waals surface area contributed by atoms with Gasteiger partial charge in [0.25, 0.3) is 5.89 Å². The molecule has 3 heterocycles. The summed E-state index contributed by atoms with van der Waals surface area (Å²) in [5.74, 6) is -0.293. The van der Waals surface area contributed by atoms with E-state index in [9.17, 15) is 4.79 Å². The first-order chi connectivity index (χ1) is 7.75. The molecule has 0 atom stereocenters. The Morgan fingerprint density at radius 1 is 1.44 bits per heavy atom. The highest BCUT2D eigenvalue weighted by Crippen LogP contribution is 2.27. The van der Waals surface area contributed by atoms with E-state index in [0.717, 1.165) is 22.2 Å². The highest BCUT2D eigenvalue weighted by atomic mass is 16.4. The summed E-state index contributed by atoms with van der Waals surface area (Å²) in [5.41, 5.74) is 2.53. The fourth-order valence-electron chi connectivity index (χ4n) is 1.76. The fraction of sp³-hybridized carbons (Fsp3) is 0.100. The molecule has 0 fully saturated rings. The molecule has 0 aliphatic carbocycles. The zero-order chi connectivity index (χ0) is 11.1. The molecule has 16 heavy (non-hydrogen) atoms. The normalized spacial score (nSPS) is 11.1. The first-order valence-corrected chi connectivity index (χ1v) is 4.74. The van der Waals surface area contributed by atoms with Gasteiger partial charge in [0.05, 0.1) is 5.56 Å². The zero-order valence-electron chi connectivity index (χ0n) is 8.44. The number of aromatic nitrogens is 4. The SMILES string of the molecule is Cc1nccc2[nH]cc(-c3n[nH]c(=O)o3)c12. The molecule has 0 aliphatic rings. The first kappa shape index (κ1) is 8.90. The van der Waals surface area contributed by atoms with E-state index in [1.54, 1.807) is 12.4 Å². The van der Waals surface area contributed by atoms with Gasteiger partial charge in [-0.15, -0.1) is 5.10 Å². The molecular formula is C10H8N4O2. The summed E-state index contributed by atoms with van der Waals surface area (Å²) >= 11 is 0. The number of fused-ring (bicyclic) bond motifs is 1. The van der Waals surface area contributed by atoms with E-state index < -0.39 is 5.76 Å². The van der Waals surface area contributed by atoms with Gasteiger partial charge in [0.15, 0.2) is 0 Å². The number of nitrogens with one attached hydrogen (secondary N) is 2. The fourth-order valence-corrected chi connectivity index (χ4v) is 1.76. The standard InChI is InChI=1S/C10H8N4O2/c1-5-8-6(9-13-14-10(15)16-9)4-12-7(8)2-3-11-5/h2-4,12H,1H3,(H,14,15). The van der Waals surface area contributed by atoms with Crippen molar-refractivity contribution in [2.75, 3.05) is 0 Å². The van der Waals surface area contributed by atoms with Crippen molar-refractivity contribution in [1.29, 1.82) is 0 Å². The maximum absolute atomic E-state index is 10.9. The van der Waals surface area contributed by atoms with E-state index in [0.29, 0.717) is 0 Å². The van der Waals surface area contributed by atoms with Crippen molar-refractivity contribution in [3.8, 4) is 11.5 Å². The molecule has 0 aromatic carbocycles. The largest absolute Gasteiger partial charge is 0.434 e. The van der Waals surface area contributed by atoms with E-state index in [1.807, 2.05) is 13.0 Å². The summed E-state index contributed by atoms with van der Waals surface area (Å²) in [7, 11) is 0. The van der Waals surface area contributed by atoms with Gasteiger partial charge < -0.3 is 9.40 Å². The Morgan fingerprint density at radius 2 is 2.31 bits per heavy atom. The molecule has 0 bridgehead atoms. The molecule has 2 N–H and O–H groups in total. The third kappa shape index (κ3) is 1.16. The molecule has 3 aromatic heterocycles. The number of nitrogens with zero attached hydrogens (tertiary/aromatic N) is 2. The Kier molecular flexibility index (Phi) is 1.70. The zero-order valence-corrected chi connectivity index (χ0v) is 8.44. The second-order valence-corrected chi connectivity index (χ2v) is 3.44. The first-order valence-electron chi connectivity index (χ1n) is 4.74. The van der Waals surface area contributed by atoms with Crippen LogP contribution in [0.2, 0.25) is 0 Å². The molecule has 3 rings (SSSR count). The molecule has 0 aliphatic heterocycles. The summed E-state index contributed by atoms with van der Waals surface area (Å²) in [6, 6.07) is 1.86. The molecule has 3 aromatic rings. The van der Waals surface area contributed by atoms with Crippen molar-refractivity contribution < 1.29 is 4.42 Å². The van der Waals surface area contributed by atoms with Gasteiger partial charge in [0.2, 0.25) is 0 Å². The Labute approximate surface area is 89.3 Å². The summed E-state index contributed by atoms with van der Waals surface area (Å²) in [5, 5.41) is 6.95. The summed E-state index contributed by atoms with van der Waals surface area (Å²) in [6.45, 7) is 1.89. The average Bonchev–Trinajstić information content (AvgIpc) is 2.84. The molecular weight excluding hydrogens is 208 g/mol. The lowest BCUT2D eigenvalue weighted by atomic mass is 10.1. The number of H-pyrrole nitrogens is 2. The Hall–Kier alpha value is -2.37. The van der Waals surface area contributed by atoms with Crippen LogP contribution in [0.15, 0.2) is 27.7 Å². The van der Waals surface area contributed by atoms with Crippen LogP contribution in [0.5, 0.6) is 0 Å². The maximum Gasteiger partial charge on any atom is 0.434 e.